The second-order valence-electron chi connectivity index (χ2n) is 5.88. The van der Waals surface area contributed by atoms with Crippen molar-refractivity contribution in [2.75, 3.05) is 5.32 Å². The molecule has 2 saturated carbocycles. The van der Waals surface area contributed by atoms with Gasteiger partial charge >= 0.3 is 0 Å². The van der Waals surface area contributed by atoms with Gasteiger partial charge in [0.1, 0.15) is 0 Å². The molecule has 1 N–H and O–H groups in total. The Morgan fingerprint density at radius 1 is 1.33 bits per heavy atom. The summed E-state index contributed by atoms with van der Waals surface area (Å²) in [4.78, 5) is 11.7. The first-order valence-electron chi connectivity index (χ1n) is 7.23. The van der Waals surface area contributed by atoms with Crippen molar-refractivity contribution < 1.29 is 0 Å². The number of nitrogens with one attached hydrogen (secondary N) is 1. The number of pyridine rings is 1. The molecule has 0 amide bonds. The Kier molecular flexibility index (Phi) is 3.14. The molecule has 2 aliphatic rings. The summed E-state index contributed by atoms with van der Waals surface area (Å²) in [6.45, 7) is 2.91. The van der Waals surface area contributed by atoms with Crippen molar-refractivity contribution in [3.8, 4) is 0 Å². The first kappa shape index (κ1) is 11.8. The van der Waals surface area contributed by atoms with Gasteiger partial charge in [0, 0.05) is 24.8 Å². The highest BCUT2D eigenvalue weighted by atomic mass is 16.1. The maximum Gasteiger partial charge on any atom is 0.250 e. The van der Waals surface area contributed by atoms with Gasteiger partial charge < -0.3 is 9.88 Å². The molecule has 1 heterocycles. The zero-order chi connectivity index (χ0) is 12.5. The summed E-state index contributed by atoms with van der Waals surface area (Å²) < 4.78 is 1.82. The molecule has 2 fully saturated rings. The van der Waals surface area contributed by atoms with Crippen LogP contribution in [0.25, 0.3) is 0 Å². The van der Waals surface area contributed by atoms with Crippen LogP contribution < -0.4 is 10.9 Å². The SMILES string of the molecule is CCCn1cc(NC2CC3CCC2C3)ccc1=O. The normalized spacial score (nSPS) is 29.7. The van der Waals surface area contributed by atoms with Gasteiger partial charge in [0.05, 0.1) is 5.69 Å². The van der Waals surface area contributed by atoms with Gasteiger partial charge in [-0.15, -0.1) is 0 Å². The summed E-state index contributed by atoms with van der Waals surface area (Å²) in [6.07, 6.45) is 8.52. The summed E-state index contributed by atoms with van der Waals surface area (Å²) in [5.74, 6) is 1.82. The maximum absolute atomic E-state index is 11.7. The van der Waals surface area contributed by atoms with E-state index in [4.69, 9.17) is 0 Å². The average molecular weight is 246 g/mol. The third-order valence-corrected chi connectivity index (χ3v) is 4.54. The topological polar surface area (TPSA) is 34.0 Å². The lowest BCUT2D eigenvalue weighted by molar-refractivity contribution is 0.439. The number of anilines is 1. The van der Waals surface area contributed by atoms with Gasteiger partial charge in [-0.2, -0.15) is 0 Å². The van der Waals surface area contributed by atoms with Crippen LogP contribution in [0.4, 0.5) is 5.69 Å². The fourth-order valence-corrected chi connectivity index (χ4v) is 3.67. The number of hydrogen-bond donors (Lipinski definition) is 1. The minimum atomic E-state index is 0.107. The van der Waals surface area contributed by atoms with E-state index in [1.165, 1.54) is 25.7 Å². The molecular weight excluding hydrogens is 224 g/mol. The van der Waals surface area contributed by atoms with Crippen molar-refractivity contribution in [3.63, 3.8) is 0 Å². The molecule has 3 heteroatoms. The first-order valence-corrected chi connectivity index (χ1v) is 7.23. The molecule has 2 aliphatic carbocycles. The Bertz CT molecular complexity index is 480. The van der Waals surface area contributed by atoms with Crippen molar-refractivity contribution in [2.24, 2.45) is 11.8 Å². The molecule has 0 saturated heterocycles. The van der Waals surface area contributed by atoms with Gasteiger partial charge in [0.25, 0.3) is 5.56 Å². The Balaban J connectivity index is 1.73. The Morgan fingerprint density at radius 3 is 2.89 bits per heavy atom. The zero-order valence-corrected chi connectivity index (χ0v) is 11.1. The molecule has 3 rings (SSSR count). The highest BCUT2D eigenvalue weighted by Crippen LogP contribution is 2.45. The van der Waals surface area contributed by atoms with E-state index in [-0.39, 0.29) is 5.56 Å². The molecule has 98 valence electrons. The smallest absolute Gasteiger partial charge is 0.250 e. The van der Waals surface area contributed by atoms with E-state index in [1.807, 2.05) is 16.8 Å². The molecule has 1 aromatic heterocycles. The van der Waals surface area contributed by atoms with Crippen LogP contribution in [0.1, 0.15) is 39.0 Å². The van der Waals surface area contributed by atoms with Crippen LogP contribution in [0.15, 0.2) is 23.1 Å². The van der Waals surface area contributed by atoms with E-state index in [0.29, 0.717) is 6.04 Å². The van der Waals surface area contributed by atoms with Crippen LogP contribution >= 0.6 is 0 Å². The summed E-state index contributed by atoms with van der Waals surface area (Å²) in [5, 5.41) is 3.64. The van der Waals surface area contributed by atoms with Crippen LogP contribution in [-0.2, 0) is 6.54 Å². The Hall–Kier alpha value is -1.25. The van der Waals surface area contributed by atoms with Crippen LogP contribution in [-0.4, -0.2) is 10.6 Å². The van der Waals surface area contributed by atoms with Gasteiger partial charge in [-0.05, 0) is 43.6 Å². The minimum absolute atomic E-state index is 0.107. The molecule has 18 heavy (non-hydrogen) atoms. The maximum atomic E-state index is 11.7. The van der Waals surface area contributed by atoms with E-state index in [1.54, 1.807) is 6.07 Å². The Morgan fingerprint density at radius 2 is 2.22 bits per heavy atom. The largest absolute Gasteiger partial charge is 0.381 e. The van der Waals surface area contributed by atoms with Gasteiger partial charge in [-0.25, -0.2) is 0 Å². The second-order valence-corrected chi connectivity index (χ2v) is 5.88. The number of aromatic nitrogens is 1. The number of rotatable bonds is 4. The van der Waals surface area contributed by atoms with E-state index < -0.39 is 0 Å². The lowest BCUT2D eigenvalue weighted by Gasteiger charge is -2.24. The van der Waals surface area contributed by atoms with Crippen molar-refractivity contribution in [2.45, 2.75) is 51.6 Å². The molecule has 2 bridgehead atoms. The van der Waals surface area contributed by atoms with Crippen molar-refractivity contribution in [3.05, 3.63) is 28.7 Å². The lowest BCUT2D eigenvalue weighted by atomic mass is 9.95. The zero-order valence-electron chi connectivity index (χ0n) is 11.1. The predicted octanol–water partition coefficient (Wildman–Crippen LogP) is 2.86. The monoisotopic (exact) mass is 246 g/mol. The third-order valence-electron chi connectivity index (χ3n) is 4.54. The molecule has 0 aliphatic heterocycles. The standard InChI is InChI=1S/C15H22N2O/c1-2-7-17-10-13(5-6-15(17)18)16-14-9-11-3-4-12(14)8-11/h5-6,10-12,14,16H,2-4,7-9H2,1H3. The van der Waals surface area contributed by atoms with E-state index in [9.17, 15) is 4.79 Å². The average Bonchev–Trinajstić information content (AvgIpc) is 2.96. The fourth-order valence-electron chi connectivity index (χ4n) is 3.67. The van der Waals surface area contributed by atoms with Gasteiger partial charge in [-0.1, -0.05) is 13.3 Å². The predicted molar refractivity (Wildman–Crippen MR) is 73.9 cm³/mol. The van der Waals surface area contributed by atoms with Crippen molar-refractivity contribution >= 4 is 5.69 Å². The molecule has 3 nitrogen and oxygen atoms in total. The van der Waals surface area contributed by atoms with Crippen LogP contribution in [0.5, 0.6) is 0 Å². The number of hydrogen-bond acceptors (Lipinski definition) is 2. The molecule has 3 unspecified atom stereocenters. The van der Waals surface area contributed by atoms with Crippen LogP contribution in [0.2, 0.25) is 0 Å². The van der Waals surface area contributed by atoms with Gasteiger partial charge in [-0.3, -0.25) is 4.79 Å². The molecule has 1 aromatic rings. The summed E-state index contributed by atoms with van der Waals surface area (Å²) in [6, 6.07) is 4.25. The van der Waals surface area contributed by atoms with E-state index >= 15 is 0 Å². The van der Waals surface area contributed by atoms with E-state index in [2.05, 4.69) is 12.2 Å². The van der Waals surface area contributed by atoms with Crippen molar-refractivity contribution in [1.29, 1.82) is 0 Å². The molecule has 0 spiro atoms. The minimum Gasteiger partial charge on any atom is -0.381 e. The van der Waals surface area contributed by atoms with Crippen molar-refractivity contribution in [1.82, 2.24) is 4.57 Å². The number of aryl methyl sites for hydroxylation is 1. The molecule has 0 aromatic carbocycles. The fraction of sp³-hybridized carbons (Fsp3) is 0.667. The number of fused-ring (bicyclic) bond motifs is 2. The Labute approximate surface area is 108 Å². The molecule has 0 radical (unpaired) electrons. The quantitative estimate of drug-likeness (QED) is 0.886. The first-order chi connectivity index (χ1) is 8.76. The highest BCUT2D eigenvalue weighted by Gasteiger charge is 2.39. The lowest BCUT2D eigenvalue weighted by Crippen LogP contribution is -2.27. The summed E-state index contributed by atoms with van der Waals surface area (Å²) >= 11 is 0. The molecular formula is C15H22N2O. The van der Waals surface area contributed by atoms with Gasteiger partial charge in [0.2, 0.25) is 0 Å². The van der Waals surface area contributed by atoms with Crippen LogP contribution in [0, 0.1) is 11.8 Å². The summed E-state index contributed by atoms with van der Waals surface area (Å²) in [7, 11) is 0. The van der Waals surface area contributed by atoms with Crippen LogP contribution in [0.3, 0.4) is 0 Å². The molecule has 3 atom stereocenters. The number of nitrogens with zero attached hydrogens (tertiary/aromatic N) is 1. The van der Waals surface area contributed by atoms with E-state index in [0.717, 1.165) is 30.5 Å². The third kappa shape index (κ3) is 2.18. The second kappa shape index (κ2) is 4.79. The van der Waals surface area contributed by atoms with Gasteiger partial charge in [0.15, 0.2) is 0 Å². The summed E-state index contributed by atoms with van der Waals surface area (Å²) in [5.41, 5.74) is 1.22. The highest BCUT2D eigenvalue weighted by molar-refractivity contribution is 5.42.